The Kier molecular flexibility index (Phi) is 4.25. The van der Waals surface area contributed by atoms with E-state index in [1.54, 1.807) is 7.11 Å². The van der Waals surface area contributed by atoms with Crippen molar-refractivity contribution in [1.82, 2.24) is 0 Å². The van der Waals surface area contributed by atoms with Crippen molar-refractivity contribution < 1.29 is 9.47 Å². The van der Waals surface area contributed by atoms with E-state index in [1.165, 1.54) is 9.13 Å². The van der Waals surface area contributed by atoms with Gasteiger partial charge in [0.2, 0.25) is 0 Å². The first-order valence-electron chi connectivity index (χ1n) is 5.30. The van der Waals surface area contributed by atoms with Gasteiger partial charge in [-0.15, -0.1) is 0 Å². The summed E-state index contributed by atoms with van der Waals surface area (Å²) >= 11 is 2.31. The van der Waals surface area contributed by atoms with Crippen molar-refractivity contribution in [1.29, 1.82) is 0 Å². The highest BCUT2D eigenvalue weighted by Gasteiger charge is 2.00. The highest BCUT2D eigenvalue weighted by molar-refractivity contribution is 14.1. The van der Waals surface area contributed by atoms with Crippen LogP contribution < -0.4 is 9.47 Å². The predicted molar refractivity (Wildman–Crippen MR) is 76.5 cm³/mol. The first kappa shape index (κ1) is 12.2. The fraction of sp³-hybridized carbons (Fsp3) is 0.143. The van der Waals surface area contributed by atoms with Crippen LogP contribution in [-0.4, -0.2) is 7.11 Å². The van der Waals surface area contributed by atoms with Crippen molar-refractivity contribution in [3.8, 4) is 11.5 Å². The van der Waals surface area contributed by atoms with Crippen LogP contribution in [0, 0.1) is 3.57 Å². The van der Waals surface area contributed by atoms with Gasteiger partial charge in [-0.3, -0.25) is 0 Å². The summed E-state index contributed by atoms with van der Waals surface area (Å²) in [5.74, 6) is 1.63. The van der Waals surface area contributed by atoms with E-state index >= 15 is 0 Å². The molecule has 3 heteroatoms. The lowest BCUT2D eigenvalue weighted by Crippen LogP contribution is -1.97. The summed E-state index contributed by atoms with van der Waals surface area (Å²) in [6.45, 7) is 0.576. The van der Waals surface area contributed by atoms with Crippen molar-refractivity contribution in [2.45, 2.75) is 6.61 Å². The normalized spacial score (nSPS) is 10.0. The molecular weight excluding hydrogens is 327 g/mol. The summed E-state index contributed by atoms with van der Waals surface area (Å²) in [4.78, 5) is 0. The molecule has 2 nitrogen and oxygen atoms in total. The Hall–Kier alpha value is -1.23. The minimum Gasteiger partial charge on any atom is -0.497 e. The van der Waals surface area contributed by atoms with Crippen molar-refractivity contribution in [3.63, 3.8) is 0 Å². The number of hydrogen-bond acceptors (Lipinski definition) is 2. The van der Waals surface area contributed by atoms with Crippen molar-refractivity contribution in [2.75, 3.05) is 7.11 Å². The minimum absolute atomic E-state index is 0.576. The molecule has 0 atom stereocenters. The Morgan fingerprint density at radius 3 is 2.53 bits per heavy atom. The Balaban J connectivity index is 2.05. The molecule has 0 N–H and O–H groups in total. The summed E-state index contributed by atoms with van der Waals surface area (Å²) < 4.78 is 12.1. The van der Waals surface area contributed by atoms with E-state index in [4.69, 9.17) is 9.47 Å². The molecule has 88 valence electrons. The number of halogens is 1. The number of hydrogen-bond donors (Lipinski definition) is 0. The molecule has 0 radical (unpaired) electrons. The zero-order chi connectivity index (χ0) is 12.1. The number of methoxy groups -OCH3 is 1. The van der Waals surface area contributed by atoms with E-state index in [1.807, 2.05) is 36.4 Å². The van der Waals surface area contributed by atoms with Crippen molar-refractivity contribution >= 4 is 22.6 Å². The predicted octanol–water partition coefficient (Wildman–Crippen LogP) is 3.88. The summed E-state index contributed by atoms with van der Waals surface area (Å²) in [5, 5.41) is 0. The van der Waals surface area contributed by atoms with E-state index in [0.717, 1.165) is 11.5 Å². The second-order valence-corrected chi connectivity index (χ2v) is 4.72. The van der Waals surface area contributed by atoms with Gasteiger partial charge in [0.15, 0.2) is 0 Å². The average Bonchev–Trinajstić information content (AvgIpc) is 2.38. The van der Waals surface area contributed by atoms with Crippen LogP contribution in [0.15, 0.2) is 48.5 Å². The average molecular weight is 340 g/mol. The Bertz CT molecular complexity index is 497. The van der Waals surface area contributed by atoms with Crippen LogP contribution in [0.5, 0.6) is 11.5 Å². The topological polar surface area (TPSA) is 18.5 Å². The molecule has 2 rings (SSSR count). The fourth-order valence-corrected chi connectivity index (χ4v) is 2.01. The standard InChI is InChI=1S/C14H13IO2/c1-16-12-6-4-7-13(9-12)17-10-11-5-2-3-8-14(11)15/h2-9H,10H2,1H3. The van der Waals surface area contributed by atoms with Gasteiger partial charge in [0.25, 0.3) is 0 Å². The molecule has 0 spiro atoms. The van der Waals surface area contributed by atoms with Crippen molar-refractivity contribution in [2.24, 2.45) is 0 Å². The molecule has 0 aliphatic heterocycles. The van der Waals surface area contributed by atoms with Gasteiger partial charge < -0.3 is 9.47 Å². The molecule has 0 heterocycles. The molecule has 2 aromatic rings. The minimum atomic E-state index is 0.576. The van der Waals surface area contributed by atoms with Gasteiger partial charge in [-0.1, -0.05) is 24.3 Å². The summed E-state index contributed by atoms with van der Waals surface area (Å²) in [7, 11) is 1.65. The van der Waals surface area contributed by atoms with E-state index in [0.29, 0.717) is 6.61 Å². The third-order valence-corrected chi connectivity index (χ3v) is 3.45. The highest BCUT2D eigenvalue weighted by atomic mass is 127. The maximum atomic E-state index is 5.73. The van der Waals surface area contributed by atoms with Crippen LogP contribution >= 0.6 is 22.6 Å². The number of rotatable bonds is 4. The third-order valence-electron chi connectivity index (χ3n) is 2.39. The van der Waals surface area contributed by atoms with Gasteiger partial charge in [0.05, 0.1) is 7.11 Å². The quantitative estimate of drug-likeness (QED) is 0.787. The monoisotopic (exact) mass is 340 g/mol. The second kappa shape index (κ2) is 5.91. The van der Waals surface area contributed by atoms with Gasteiger partial charge in [0.1, 0.15) is 18.1 Å². The van der Waals surface area contributed by atoms with Gasteiger partial charge in [-0.2, -0.15) is 0 Å². The van der Waals surface area contributed by atoms with Gasteiger partial charge in [-0.25, -0.2) is 0 Å². The molecule has 0 saturated heterocycles. The first-order valence-corrected chi connectivity index (χ1v) is 6.38. The second-order valence-electron chi connectivity index (χ2n) is 3.56. The molecule has 0 amide bonds. The smallest absolute Gasteiger partial charge is 0.123 e. The molecule has 17 heavy (non-hydrogen) atoms. The van der Waals surface area contributed by atoms with Crippen LogP contribution in [0.3, 0.4) is 0 Å². The summed E-state index contributed by atoms with van der Waals surface area (Å²) in [5.41, 5.74) is 1.19. The summed E-state index contributed by atoms with van der Waals surface area (Å²) in [6, 6.07) is 15.8. The Morgan fingerprint density at radius 2 is 1.76 bits per heavy atom. The molecule has 0 unspecified atom stereocenters. The van der Waals surface area contributed by atoms with Crippen molar-refractivity contribution in [3.05, 3.63) is 57.7 Å². The van der Waals surface area contributed by atoms with Crippen LogP contribution in [0.4, 0.5) is 0 Å². The van der Waals surface area contributed by atoms with E-state index < -0.39 is 0 Å². The number of benzene rings is 2. The Morgan fingerprint density at radius 1 is 1.00 bits per heavy atom. The summed E-state index contributed by atoms with van der Waals surface area (Å²) in [6.07, 6.45) is 0. The molecule has 0 aliphatic rings. The van der Waals surface area contributed by atoms with Crippen LogP contribution in [0.1, 0.15) is 5.56 Å². The van der Waals surface area contributed by atoms with Gasteiger partial charge in [-0.05, 0) is 40.8 Å². The molecular formula is C14H13IO2. The zero-order valence-electron chi connectivity index (χ0n) is 9.52. The third kappa shape index (κ3) is 3.36. The Labute approximate surface area is 115 Å². The maximum Gasteiger partial charge on any atom is 0.123 e. The van der Waals surface area contributed by atoms with Gasteiger partial charge in [0, 0.05) is 15.2 Å². The molecule has 0 aromatic heterocycles. The van der Waals surface area contributed by atoms with E-state index in [2.05, 4.69) is 34.7 Å². The first-order chi connectivity index (χ1) is 8.29. The lowest BCUT2D eigenvalue weighted by Gasteiger charge is -2.08. The highest BCUT2D eigenvalue weighted by Crippen LogP contribution is 2.21. The lowest BCUT2D eigenvalue weighted by molar-refractivity contribution is 0.303. The molecule has 0 fully saturated rings. The number of ether oxygens (including phenoxy) is 2. The molecule has 0 bridgehead atoms. The SMILES string of the molecule is COc1cccc(OCc2ccccc2I)c1. The molecule has 0 aliphatic carbocycles. The molecule has 0 saturated carbocycles. The fourth-order valence-electron chi connectivity index (χ4n) is 1.47. The van der Waals surface area contributed by atoms with Crippen LogP contribution in [-0.2, 0) is 6.61 Å². The maximum absolute atomic E-state index is 5.73. The molecule has 2 aromatic carbocycles. The van der Waals surface area contributed by atoms with Gasteiger partial charge >= 0.3 is 0 Å². The lowest BCUT2D eigenvalue weighted by atomic mass is 10.2. The van der Waals surface area contributed by atoms with Crippen LogP contribution in [0.25, 0.3) is 0 Å². The van der Waals surface area contributed by atoms with E-state index in [9.17, 15) is 0 Å². The van der Waals surface area contributed by atoms with E-state index in [-0.39, 0.29) is 0 Å². The van der Waals surface area contributed by atoms with Crippen LogP contribution in [0.2, 0.25) is 0 Å². The zero-order valence-corrected chi connectivity index (χ0v) is 11.7. The largest absolute Gasteiger partial charge is 0.497 e.